The van der Waals surface area contributed by atoms with Crippen LogP contribution in [0.1, 0.15) is 21.2 Å². The van der Waals surface area contributed by atoms with Gasteiger partial charge in [-0.15, -0.1) is 11.3 Å². The lowest BCUT2D eigenvalue weighted by Gasteiger charge is -2.21. The van der Waals surface area contributed by atoms with Crippen LogP contribution in [0.5, 0.6) is 5.75 Å². The second kappa shape index (κ2) is 6.74. The number of rotatable bonds is 5. The fraction of sp³-hybridized carbons (Fsp3) is 0.312. The van der Waals surface area contributed by atoms with Crippen LogP contribution in [0.3, 0.4) is 0 Å². The average molecular weight is 305 g/mol. The maximum absolute atomic E-state index is 11.9. The molecule has 2 N–H and O–H groups in total. The topological polar surface area (TPSA) is 61.5 Å². The highest BCUT2D eigenvalue weighted by Crippen LogP contribution is 2.33. The summed E-state index contributed by atoms with van der Waals surface area (Å²) in [5.41, 5.74) is 7.08. The first-order valence-corrected chi connectivity index (χ1v) is 7.42. The van der Waals surface area contributed by atoms with E-state index in [0.717, 1.165) is 16.2 Å². The van der Waals surface area contributed by atoms with Gasteiger partial charge in [0.25, 0.3) is 0 Å². The van der Waals surface area contributed by atoms with Crippen LogP contribution in [0, 0.1) is 6.92 Å². The zero-order chi connectivity index (χ0) is 15.4. The number of ether oxygens (including phenoxy) is 2. The maximum Gasteiger partial charge on any atom is 0.323 e. The van der Waals surface area contributed by atoms with Crippen LogP contribution in [0.25, 0.3) is 0 Å². The van der Waals surface area contributed by atoms with Crippen LogP contribution < -0.4 is 10.5 Å². The van der Waals surface area contributed by atoms with Gasteiger partial charge in [-0.05, 0) is 36.8 Å². The molecule has 0 aliphatic rings. The van der Waals surface area contributed by atoms with Crippen molar-refractivity contribution in [2.24, 2.45) is 5.73 Å². The highest BCUT2D eigenvalue weighted by Gasteiger charge is 2.29. The van der Waals surface area contributed by atoms with Gasteiger partial charge in [-0.3, -0.25) is 4.79 Å². The molecule has 0 unspecified atom stereocenters. The Morgan fingerprint density at radius 3 is 2.29 bits per heavy atom. The van der Waals surface area contributed by atoms with Crippen molar-refractivity contribution in [3.63, 3.8) is 0 Å². The van der Waals surface area contributed by atoms with E-state index in [4.69, 9.17) is 15.2 Å². The monoisotopic (exact) mass is 305 g/mol. The summed E-state index contributed by atoms with van der Waals surface area (Å²) in [5.74, 6) is 0.135. The normalized spacial score (nSPS) is 13.5. The maximum atomic E-state index is 11.9. The van der Waals surface area contributed by atoms with Gasteiger partial charge in [0.1, 0.15) is 11.8 Å². The zero-order valence-electron chi connectivity index (χ0n) is 12.3. The predicted octanol–water partition coefficient (Wildman–Crippen LogP) is 2.70. The van der Waals surface area contributed by atoms with Crippen molar-refractivity contribution in [2.45, 2.75) is 18.9 Å². The molecule has 0 bridgehead atoms. The Hall–Kier alpha value is -1.85. The Bertz CT molecular complexity index is 606. The van der Waals surface area contributed by atoms with Crippen molar-refractivity contribution >= 4 is 17.3 Å². The van der Waals surface area contributed by atoms with Crippen molar-refractivity contribution in [1.82, 2.24) is 0 Å². The number of hydrogen-bond acceptors (Lipinski definition) is 5. The van der Waals surface area contributed by atoms with Gasteiger partial charge in [0.15, 0.2) is 0 Å². The highest BCUT2D eigenvalue weighted by molar-refractivity contribution is 7.12. The molecule has 112 valence electrons. The quantitative estimate of drug-likeness (QED) is 0.863. The van der Waals surface area contributed by atoms with Gasteiger partial charge in [0.05, 0.1) is 14.2 Å². The second-order valence-electron chi connectivity index (χ2n) is 4.75. The van der Waals surface area contributed by atoms with E-state index in [0.29, 0.717) is 0 Å². The van der Waals surface area contributed by atoms with Crippen LogP contribution >= 0.6 is 11.3 Å². The fourth-order valence-corrected chi connectivity index (χ4v) is 3.31. The number of aryl methyl sites for hydroxylation is 1. The lowest BCUT2D eigenvalue weighted by Crippen LogP contribution is -2.37. The number of esters is 1. The highest BCUT2D eigenvalue weighted by atomic mass is 32.1. The third-order valence-corrected chi connectivity index (χ3v) is 4.46. The van der Waals surface area contributed by atoms with Gasteiger partial charge in [-0.2, -0.15) is 0 Å². The Morgan fingerprint density at radius 2 is 1.81 bits per heavy atom. The molecule has 5 heteroatoms. The molecule has 4 nitrogen and oxygen atoms in total. The first-order chi connectivity index (χ1) is 10.1. The van der Waals surface area contributed by atoms with E-state index >= 15 is 0 Å². The minimum absolute atomic E-state index is 0.220. The SMILES string of the molecule is COC(=O)[C@@H](N)[C@H](c1ccc(OC)cc1)c1ccc(C)s1. The van der Waals surface area contributed by atoms with E-state index in [1.165, 1.54) is 12.0 Å². The lowest BCUT2D eigenvalue weighted by atomic mass is 9.90. The summed E-state index contributed by atoms with van der Waals surface area (Å²) in [4.78, 5) is 14.1. The van der Waals surface area contributed by atoms with Crippen molar-refractivity contribution in [3.8, 4) is 5.75 Å². The molecule has 0 aliphatic heterocycles. The molecule has 0 spiro atoms. The number of carbonyl (C=O) groups is 1. The van der Waals surface area contributed by atoms with Crippen molar-refractivity contribution in [1.29, 1.82) is 0 Å². The number of benzene rings is 1. The Morgan fingerprint density at radius 1 is 1.14 bits per heavy atom. The molecule has 2 rings (SSSR count). The van der Waals surface area contributed by atoms with E-state index in [1.54, 1.807) is 18.4 Å². The number of carbonyl (C=O) groups excluding carboxylic acids is 1. The van der Waals surface area contributed by atoms with Crippen molar-refractivity contribution in [2.75, 3.05) is 14.2 Å². The molecule has 21 heavy (non-hydrogen) atoms. The fourth-order valence-electron chi connectivity index (χ4n) is 2.25. The van der Waals surface area contributed by atoms with Crippen LogP contribution in [-0.2, 0) is 9.53 Å². The summed E-state index contributed by atoms with van der Waals surface area (Å²) < 4.78 is 9.97. The molecular weight excluding hydrogens is 286 g/mol. The zero-order valence-corrected chi connectivity index (χ0v) is 13.1. The van der Waals surface area contributed by atoms with E-state index in [2.05, 4.69) is 0 Å². The van der Waals surface area contributed by atoms with E-state index < -0.39 is 12.0 Å². The van der Waals surface area contributed by atoms with Gasteiger partial charge in [0.2, 0.25) is 0 Å². The van der Waals surface area contributed by atoms with Gasteiger partial charge in [-0.25, -0.2) is 0 Å². The largest absolute Gasteiger partial charge is 0.497 e. The Kier molecular flexibility index (Phi) is 4.98. The standard InChI is InChI=1S/C16H19NO3S/c1-10-4-9-13(21-10)14(15(17)16(18)20-3)11-5-7-12(19-2)8-6-11/h4-9,14-15H,17H2,1-3H3/t14-,15+/m1/s1. The summed E-state index contributed by atoms with van der Waals surface area (Å²) in [6.07, 6.45) is 0. The van der Waals surface area contributed by atoms with Gasteiger partial charge >= 0.3 is 5.97 Å². The predicted molar refractivity (Wildman–Crippen MR) is 83.9 cm³/mol. The van der Waals surface area contributed by atoms with E-state index in [-0.39, 0.29) is 5.92 Å². The third kappa shape index (κ3) is 3.43. The molecule has 0 saturated heterocycles. The van der Waals surface area contributed by atoms with E-state index in [9.17, 15) is 4.79 Å². The molecule has 1 heterocycles. The minimum Gasteiger partial charge on any atom is -0.497 e. The Labute approximate surface area is 128 Å². The molecule has 1 aromatic carbocycles. The molecular formula is C16H19NO3S. The van der Waals surface area contributed by atoms with Crippen LogP contribution in [0.15, 0.2) is 36.4 Å². The molecule has 0 aliphatic carbocycles. The average Bonchev–Trinajstić information content (AvgIpc) is 2.93. The number of methoxy groups -OCH3 is 2. The Balaban J connectivity index is 2.41. The molecule has 2 atom stereocenters. The van der Waals surface area contributed by atoms with Crippen LogP contribution in [0.4, 0.5) is 0 Å². The van der Waals surface area contributed by atoms with Gasteiger partial charge in [0, 0.05) is 15.7 Å². The molecule has 1 aromatic heterocycles. The van der Waals surface area contributed by atoms with Crippen LogP contribution in [0.2, 0.25) is 0 Å². The summed E-state index contributed by atoms with van der Waals surface area (Å²) in [6.45, 7) is 2.03. The summed E-state index contributed by atoms with van der Waals surface area (Å²) >= 11 is 1.64. The molecule has 2 aromatic rings. The molecule has 0 amide bonds. The summed E-state index contributed by atoms with van der Waals surface area (Å²) in [5, 5.41) is 0. The first-order valence-electron chi connectivity index (χ1n) is 6.60. The van der Waals surface area contributed by atoms with Gasteiger partial charge in [-0.1, -0.05) is 12.1 Å². The van der Waals surface area contributed by atoms with E-state index in [1.807, 2.05) is 43.3 Å². The van der Waals surface area contributed by atoms with Crippen LogP contribution in [-0.4, -0.2) is 26.2 Å². The number of hydrogen-bond donors (Lipinski definition) is 1. The molecule has 0 fully saturated rings. The lowest BCUT2D eigenvalue weighted by molar-refractivity contribution is -0.142. The molecule has 0 saturated carbocycles. The summed E-state index contributed by atoms with van der Waals surface area (Å²) in [7, 11) is 2.97. The second-order valence-corrected chi connectivity index (χ2v) is 6.07. The van der Waals surface area contributed by atoms with Crippen molar-refractivity contribution < 1.29 is 14.3 Å². The first kappa shape index (κ1) is 15.5. The minimum atomic E-state index is -0.735. The summed E-state index contributed by atoms with van der Waals surface area (Å²) in [6, 6.07) is 10.9. The smallest absolute Gasteiger partial charge is 0.323 e. The van der Waals surface area contributed by atoms with Crippen molar-refractivity contribution in [3.05, 3.63) is 51.7 Å². The van der Waals surface area contributed by atoms with Gasteiger partial charge < -0.3 is 15.2 Å². The molecule has 0 radical (unpaired) electrons. The third-order valence-electron chi connectivity index (χ3n) is 3.38. The number of nitrogens with two attached hydrogens (primary N) is 1. The number of thiophene rings is 1.